The highest BCUT2D eigenvalue weighted by Gasteiger charge is 2.46. The number of hydrogen-bond donors (Lipinski definition) is 1. The minimum absolute atomic E-state index is 0.0160. The summed E-state index contributed by atoms with van der Waals surface area (Å²) in [5.41, 5.74) is 0.0737. The van der Waals surface area contributed by atoms with E-state index < -0.39 is 29.9 Å². The van der Waals surface area contributed by atoms with Gasteiger partial charge in [-0.25, -0.2) is 4.68 Å². The van der Waals surface area contributed by atoms with Gasteiger partial charge >= 0.3 is 6.18 Å². The van der Waals surface area contributed by atoms with Crippen molar-refractivity contribution < 1.29 is 23.1 Å². The smallest absolute Gasteiger partial charge is 0.410 e. The Labute approximate surface area is 133 Å². The molecule has 122 valence electrons. The Bertz CT molecular complexity index is 743. The van der Waals surface area contributed by atoms with Gasteiger partial charge in [-0.3, -0.25) is 0 Å². The van der Waals surface area contributed by atoms with Crippen molar-refractivity contribution in [3.63, 3.8) is 0 Å². The first-order valence-electron chi connectivity index (χ1n) is 6.65. The van der Waals surface area contributed by atoms with Crippen LogP contribution in [-0.2, 0) is 0 Å². The zero-order valence-electron chi connectivity index (χ0n) is 11.5. The molecule has 23 heavy (non-hydrogen) atoms. The molecule has 0 saturated carbocycles. The number of hydrogen-bond acceptors (Lipinski definition) is 4. The summed E-state index contributed by atoms with van der Waals surface area (Å²) < 4.78 is 40.6. The molecule has 0 bridgehead atoms. The maximum Gasteiger partial charge on any atom is 0.410 e. The largest absolute Gasteiger partial charge is 0.543 e. The Morgan fingerprint density at radius 1 is 1.35 bits per heavy atom. The Kier molecular flexibility index (Phi) is 3.71. The van der Waals surface area contributed by atoms with E-state index in [2.05, 4.69) is 10.4 Å². The van der Waals surface area contributed by atoms with E-state index in [-0.39, 0.29) is 12.2 Å². The predicted octanol–water partition coefficient (Wildman–Crippen LogP) is 2.56. The van der Waals surface area contributed by atoms with Crippen LogP contribution in [0.2, 0.25) is 5.02 Å². The number of halogens is 4. The van der Waals surface area contributed by atoms with Gasteiger partial charge in [-0.2, -0.15) is 18.3 Å². The van der Waals surface area contributed by atoms with Crippen molar-refractivity contribution in [1.29, 1.82) is 0 Å². The number of nitrogens with zero attached hydrogens (tertiary/aromatic N) is 2. The number of carbonyl (C=O) groups excluding carboxylic acids is 1. The molecule has 9 heteroatoms. The van der Waals surface area contributed by atoms with Crippen LogP contribution in [0, 0.1) is 0 Å². The van der Waals surface area contributed by atoms with Crippen molar-refractivity contribution in [3.05, 3.63) is 46.6 Å². The van der Waals surface area contributed by atoms with Crippen molar-refractivity contribution in [1.82, 2.24) is 9.78 Å². The van der Waals surface area contributed by atoms with Crippen molar-refractivity contribution in [2.75, 3.05) is 5.32 Å². The number of aromatic nitrogens is 2. The molecule has 5 nitrogen and oxygen atoms in total. The van der Waals surface area contributed by atoms with Crippen molar-refractivity contribution in [2.24, 2.45) is 0 Å². The van der Waals surface area contributed by atoms with Crippen LogP contribution in [-0.4, -0.2) is 21.9 Å². The van der Waals surface area contributed by atoms with Gasteiger partial charge in [0.15, 0.2) is 6.04 Å². The number of benzene rings is 1. The minimum Gasteiger partial charge on any atom is -0.543 e. The van der Waals surface area contributed by atoms with Gasteiger partial charge in [0, 0.05) is 17.5 Å². The zero-order chi connectivity index (χ0) is 16.8. The normalized spacial score (nSPS) is 20.7. The highest BCUT2D eigenvalue weighted by Crippen LogP contribution is 2.43. The van der Waals surface area contributed by atoms with Crippen molar-refractivity contribution in [2.45, 2.75) is 24.7 Å². The molecule has 0 amide bonds. The van der Waals surface area contributed by atoms with E-state index in [1.807, 2.05) is 0 Å². The first-order chi connectivity index (χ1) is 10.8. The fourth-order valence-electron chi connectivity index (χ4n) is 2.59. The molecule has 0 spiro atoms. The molecule has 0 radical (unpaired) electrons. The van der Waals surface area contributed by atoms with Gasteiger partial charge in [0.2, 0.25) is 0 Å². The highest BCUT2D eigenvalue weighted by molar-refractivity contribution is 6.30. The summed E-state index contributed by atoms with van der Waals surface area (Å²) in [6, 6.07) is 4.89. The second kappa shape index (κ2) is 5.45. The topological polar surface area (TPSA) is 70.0 Å². The van der Waals surface area contributed by atoms with Crippen molar-refractivity contribution in [3.8, 4) is 0 Å². The van der Waals surface area contributed by atoms with Gasteiger partial charge < -0.3 is 15.2 Å². The van der Waals surface area contributed by atoms with Crippen LogP contribution in [0.3, 0.4) is 0 Å². The number of carboxylic acid groups (broad SMARTS) is 1. The van der Waals surface area contributed by atoms with Gasteiger partial charge in [0.05, 0.1) is 12.0 Å². The highest BCUT2D eigenvalue weighted by atomic mass is 35.5. The number of carbonyl (C=O) groups is 1. The number of rotatable bonds is 2. The lowest BCUT2D eigenvalue weighted by atomic mass is 9.97. The van der Waals surface area contributed by atoms with Gasteiger partial charge in [-0.1, -0.05) is 23.7 Å². The SMILES string of the molecule is O=C([O-])c1cc2n(n1)[C@@H](C(F)(F)F)C[C@@H](c1ccc(Cl)cc1)N2. The molecular weight excluding hydrogens is 335 g/mol. The number of fused-ring (bicyclic) bond motifs is 1. The number of carboxylic acids is 1. The number of nitrogens with one attached hydrogen (secondary N) is 1. The lowest BCUT2D eigenvalue weighted by molar-refractivity contribution is -0.255. The molecule has 2 atom stereocenters. The fraction of sp³-hybridized carbons (Fsp3) is 0.286. The van der Waals surface area contributed by atoms with E-state index in [0.29, 0.717) is 15.3 Å². The molecule has 1 N–H and O–H groups in total. The number of aromatic carboxylic acids is 1. The van der Waals surface area contributed by atoms with E-state index in [0.717, 1.165) is 6.07 Å². The van der Waals surface area contributed by atoms with Crippen LogP contribution in [0.15, 0.2) is 30.3 Å². The molecule has 1 aromatic carbocycles. The van der Waals surface area contributed by atoms with Gasteiger partial charge in [0.1, 0.15) is 11.5 Å². The second-order valence-electron chi connectivity index (χ2n) is 5.19. The molecule has 1 aliphatic heterocycles. The van der Waals surface area contributed by atoms with E-state index in [9.17, 15) is 23.1 Å². The van der Waals surface area contributed by atoms with Crippen LogP contribution in [0.25, 0.3) is 0 Å². The van der Waals surface area contributed by atoms with Crippen molar-refractivity contribution >= 4 is 23.4 Å². The molecule has 1 aliphatic rings. The Morgan fingerprint density at radius 3 is 2.57 bits per heavy atom. The average molecular weight is 345 g/mol. The Balaban J connectivity index is 2.01. The lowest BCUT2D eigenvalue weighted by Crippen LogP contribution is -2.35. The van der Waals surface area contributed by atoms with Gasteiger partial charge in [0.25, 0.3) is 0 Å². The Hall–Kier alpha value is -2.22. The molecule has 2 heterocycles. The van der Waals surface area contributed by atoms with Crippen LogP contribution < -0.4 is 10.4 Å². The van der Waals surface area contributed by atoms with Crippen LogP contribution in [0.1, 0.15) is 34.6 Å². The van der Waals surface area contributed by atoms with Gasteiger partial charge in [-0.05, 0) is 17.7 Å². The second-order valence-corrected chi connectivity index (χ2v) is 5.62. The summed E-state index contributed by atoms with van der Waals surface area (Å²) >= 11 is 5.78. The lowest BCUT2D eigenvalue weighted by Gasteiger charge is -2.33. The monoisotopic (exact) mass is 344 g/mol. The molecule has 0 saturated heterocycles. The summed E-state index contributed by atoms with van der Waals surface area (Å²) in [6.45, 7) is 0. The summed E-state index contributed by atoms with van der Waals surface area (Å²) in [7, 11) is 0. The summed E-state index contributed by atoms with van der Waals surface area (Å²) in [5.74, 6) is -1.64. The van der Waals surface area contributed by atoms with Crippen LogP contribution in [0.4, 0.5) is 19.0 Å². The summed E-state index contributed by atoms with van der Waals surface area (Å²) in [4.78, 5) is 10.9. The van der Waals surface area contributed by atoms with E-state index in [4.69, 9.17) is 11.6 Å². The third kappa shape index (κ3) is 2.98. The van der Waals surface area contributed by atoms with E-state index in [1.54, 1.807) is 24.3 Å². The fourth-order valence-corrected chi connectivity index (χ4v) is 2.71. The third-order valence-corrected chi connectivity index (χ3v) is 3.92. The predicted molar refractivity (Wildman–Crippen MR) is 74.1 cm³/mol. The number of anilines is 1. The minimum atomic E-state index is -4.56. The molecule has 0 fully saturated rings. The standard InChI is InChI=1S/C14H11ClF3N3O2/c15-8-3-1-7(2-4-8)9-5-11(14(16,17)18)21-12(19-9)6-10(20-21)13(22)23/h1-4,6,9,11,19H,5H2,(H,22,23)/p-1/t9-,11+/m0/s1. The van der Waals surface area contributed by atoms with Crippen LogP contribution in [0.5, 0.6) is 0 Å². The number of alkyl halides is 3. The Morgan fingerprint density at radius 2 is 2.00 bits per heavy atom. The molecular formula is C14H10ClF3N3O2-. The first kappa shape index (κ1) is 15.7. The average Bonchev–Trinajstić information content (AvgIpc) is 2.90. The molecule has 1 aromatic heterocycles. The maximum atomic E-state index is 13.3. The molecule has 0 aliphatic carbocycles. The summed E-state index contributed by atoms with van der Waals surface area (Å²) in [6.07, 6.45) is -4.87. The quantitative estimate of drug-likeness (QED) is 0.909. The maximum absolute atomic E-state index is 13.3. The van der Waals surface area contributed by atoms with E-state index in [1.165, 1.54) is 0 Å². The molecule has 0 unspecified atom stereocenters. The first-order valence-corrected chi connectivity index (χ1v) is 7.03. The molecule has 2 aromatic rings. The zero-order valence-corrected chi connectivity index (χ0v) is 12.2. The van der Waals surface area contributed by atoms with Crippen LogP contribution >= 0.6 is 11.6 Å². The van der Waals surface area contributed by atoms with E-state index >= 15 is 0 Å². The summed E-state index contributed by atoms with van der Waals surface area (Å²) in [5, 5.41) is 17.7. The van der Waals surface area contributed by atoms with Gasteiger partial charge in [-0.15, -0.1) is 0 Å². The third-order valence-electron chi connectivity index (χ3n) is 3.67. The molecule has 3 rings (SSSR count).